The highest BCUT2D eigenvalue weighted by molar-refractivity contribution is 6.25. The molecule has 0 aliphatic carbocycles. The Bertz CT molecular complexity index is 2950. The fourth-order valence-electron chi connectivity index (χ4n) is 7.91. The van der Waals surface area contributed by atoms with Gasteiger partial charge in [0.15, 0.2) is 0 Å². The zero-order valence-electron chi connectivity index (χ0n) is 28.2. The van der Waals surface area contributed by atoms with E-state index in [0.29, 0.717) is 0 Å². The second-order valence-electron chi connectivity index (χ2n) is 13.3. The minimum absolute atomic E-state index is 0.863. The molecule has 8 aromatic carbocycles. The van der Waals surface area contributed by atoms with E-state index < -0.39 is 0 Å². The predicted octanol–water partition coefficient (Wildman–Crippen LogP) is 12.7. The summed E-state index contributed by atoms with van der Waals surface area (Å²) in [5.41, 5.74) is 11.2. The lowest BCUT2D eigenvalue weighted by atomic mass is 9.89. The van der Waals surface area contributed by atoms with Crippen molar-refractivity contribution in [3.05, 3.63) is 170 Å². The summed E-state index contributed by atoms with van der Waals surface area (Å²) < 4.78 is 2.30. The zero-order valence-corrected chi connectivity index (χ0v) is 28.2. The van der Waals surface area contributed by atoms with Crippen molar-refractivity contribution in [1.82, 2.24) is 14.5 Å². The average Bonchev–Trinajstić information content (AvgIpc) is 3.59. The maximum absolute atomic E-state index is 5.33. The van der Waals surface area contributed by atoms with E-state index in [2.05, 4.69) is 181 Å². The van der Waals surface area contributed by atoms with Crippen molar-refractivity contribution < 1.29 is 0 Å². The van der Waals surface area contributed by atoms with Crippen LogP contribution in [0.15, 0.2) is 170 Å². The number of nitrogens with zero attached hydrogens (tertiary/aromatic N) is 3. The lowest BCUT2D eigenvalue weighted by Gasteiger charge is -2.16. The quantitative estimate of drug-likeness (QED) is 0.173. The fraction of sp³-hybridized carbons (Fsp3) is 0.0417. The van der Waals surface area contributed by atoms with Gasteiger partial charge in [0.05, 0.1) is 22.2 Å². The van der Waals surface area contributed by atoms with Crippen LogP contribution in [-0.2, 0) is 6.54 Å². The zero-order chi connectivity index (χ0) is 33.9. The molecule has 0 saturated heterocycles. The van der Waals surface area contributed by atoms with Crippen LogP contribution in [0.1, 0.15) is 6.92 Å². The predicted molar refractivity (Wildman–Crippen MR) is 215 cm³/mol. The maximum Gasteiger partial charge on any atom is 0.141 e. The number of benzene rings is 8. The van der Waals surface area contributed by atoms with E-state index in [4.69, 9.17) is 9.97 Å². The molecule has 0 amide bonds. The van der Waals surface area contributed by atoms with Crippen LogP contribution < -0.4 is 0 Å². The normalized spacial score (nSPS) is 11.7. The Hall–Kier alpha value is -6.58. The van der Waals surface area contributed by atoms with Gasteiger partial charge in [-0.1, -0.05) is 133 Å². The molecule has 0 atom stereocenters. The summed E-state index contributed by atoms with van der Waals surface area (Å²) in [6, 6.07) is 61.1. The number of fused-ring (bicyclic) bond motifs is 7. The molecule has 2 aromatic heterocycles. The molecule has 240 valence electrons. The minimum atomic E-state index is 0.863. The molecule has 0 aliphatic rings. The third kappa shape index (κ3) is 4.81. The molecule has 10 aromatic rings. The average molecular weight is 652 g/mol. The first-order chi connectivity index (χ1) is 25.2. The van der Waals surface area contributed by atoms with E-state index in [-0.39, 0.29) is 0 Å². The SMILES string of the molecule is CCn1c(-c2cccc(-c3ccc(-c4cc5c(-c6ccc7ccccc7c6)nc6ccccc6c5c5ccccc45)cc3)c2)nc2ccccc21. The van der Waals surface area contributed by atoms with Gasteiger partial charge in [0.2, 0.25) is 0 Å². The third-order valence-electron chi connectivity index (χ3n) is 10.3. The van der Waals surface area contributed by atoms with Crippen LogP contribution in [0.3, 0.4) is 0 Å². The monoisotopic (exact) mass is 651 g/mol. The lowest BCUT2D eigenvalue weighted by molar-refractivity contribution is 0.796. The Kier molecular flexibility index (Phi) is 6.78. The van der Waals surface area contributed by atoms with Crippen LogP contribution in [0.25, 0.3) is 99.2 Å². The van der Waals surface area contributed by atoms with Gasteiger partial charge in [-0.05, 0) is 87.1 Å². The van der Waals surface area contributed by atoms with E-state index in [1.165, 1.54) is 60.1 Å². The van der Waals surface area contributed by atoms with Crippen LogP contribution in [0.2, 0.25) is 0 Å². The van der Waals surface area contributed by atoms with Crippen LogP contribution in [0, 0.1) is 0 Å². The maximum atomic E-state index is 5.33. The summed E-state index contributed by atoms with van der Waals surface area (Å²) in [5.74, 6) is 1.00. The van der Waals surface area contributed by atoms with Gasteiger partial charge >= 0.3 is 0 Å². The minimum Gasteiger partial charge on any atom is -0.324 e. The highest BCUT2D eigenvalue weighted by Gasteiger charge is 2.17. The van der Waals surface area contributed by atoms with Gasteiger partial charge in [-0.2, -0.15) is 0 Å². The summed E-state index contributed by atoms with van der Waals surface area (Å²) in [6.07, 6.45) is 0. The molecule has 2 heterocycles. The van der Waals surface area contributed by atoms with Crippen molar-refractivity contribution >= 4 is 54.3 Å². The number of pyridine rings is 1. The Morgan fingerprint density at radius 1 is 0.431 bits per heavy atom. The van der Waals surface area contributed by atoms with Gasteiger partial charge in [0.1, 0.15) is 5.82 Å². The summed E-state index contributed by atoms with van der Waals surface area (Å²) in [7, 11) is 0. The number of hydrogen-bond acceptors (Lipinski definition) is 2. The van der Waals surface area contributed by atoms with Gasteiger partial charge < -0.3 is 4.57 Å². The molecule has 3 heteroatoms. The molecule has 0 spiro atoms. The Morgan fingerprint density at radius 3 is 1.94 bits per heavy atom. The van der Waals surface area contributed by atoms with Crippen molar-refractivity contribution in [3.8, 4) is 44.9 Å². The summed E-state index contributed by atoms with van der Waals surface area (Å²) in [6.45, 7) is 3.04. The van der Waals surface area contributed by atoms with Crippen molar-refractivity contribution in [2.24, 2.45) is 0 Å². The smallest absolute Gasteiger partial charge is 0.141 e. The summed E-state index contributed by atoms with van der Waals surface area (Å²) in [4.78, 5) is 10.3. The molecule has 0 bridgehead atoms. The van der Waals surface area contributed by atoms with Gasteiger partial charge in [0, 0.05) is 33.8 Å². The molecule has 51 heavy (non-hydrogen) atoms. The Morgan fingerprint density at radius 2 is 1.10 bits per heavy atom. The molecule has 0 aliphatic heterocycles. The summed E-state index contributed by atoms with van der Waals surface area (Å²) >= 11 is 0. The number of hydrogen-bond donors (Lipinski definition) is 0. The first-order valence-corrected chi connectivity index (χ1v) is 17.6. The Balaban J connectivity index is 1.13. The lowest BCUT2D eigenvalue weighted by Crippen LogP contribution is -1.97. The second-order valence-corrected chi connectivity index (χ2v) is 13.3. The van der Waals surface area contributed by atoms with E-state index >= 15 is 0 Å². The third-order valence-corrected chi connectivity index (χ3v) is 10.3. The standard InChI is InChI=1S/C48H33N3/c1-2-51-45-21-10-9-20-44(45)50-48(51)37-15-11-14-35(29-37)32-22-25-33(26-23-32)41-30-42-46(39-17-6-5-16-38(39)41)40-18-7-8-19-43(40)49-47(42)36-27-24-31-12-3-4-13-34(31)28-36/h3-30H,2H2,1H3. The van der Waals surface area contributed by atoms with E-state index in [1.807, 2.05) is 0 Å². The first kappa shape index (κ1) is 29.3. The highest BCUT2D eigenvalue weighted by Crippen LogP contribution is 2.42. The van der Waals surface area contributed by atoms with Crippen molar-refractivity contribution in [1.29, 1.82) is 0 Å². The van der Waals surface area contributed by atoms with Crippen LogP contribution in [0.4, 0.5) is 0 Å². The topological polar surface area (TPSA) is 30.7 Å². The molecule has 0 radical (unpaired) electrons. The van der Waals surface area contributed by atoms with E-state index in [0.717, 1.165) is 45.6 Å². The molecular weight excluding hydrogens is 619 g/mol. The number of aryl methyl sites for hydroxylation is 1. The van der Waals surface area contributed by atoms with E-state index in [1.54, 1.807) is 0 Å². The van der Waals surface area contributed by atoms with E-state index in [9.17, 15) is 0 Å². The summed E-state index contributed by atoms with van der Waals surface area (Å²) in [5, 5.41) is 8.49. The number of para-hydroxylation sites is 3. The van der Waals surface area contributed by atoms with Crippen LogP contribution in [-0.4, -0.2) is 14.5 Å². The van der Waals surface area contributed by atoms with Crippen LogP contribution in [0.5, 0.6) is 0 Å². The number of aromatic nitrogens is 3. The van der Waals surface area contributed by atoms with Gasteiger partial charge in [-0.15, -0.1) is 0 Å². The molecule has 0 saturated carbocycles. The van der Waals surface area contributed by atoms with Crippen molar-refractivity contribution in [3.63, 3.8) is 0 Å². The van der Waals surface area contributed by atoms with Gasteiger partial charge in [0.25, 0.3) is 0 Å². The van der Waals surface area contributed by atoms with Gasteiger partial charge in [-0.3, -0.25) is 0 Å². The molecule has 0 fully saturated rings. The highest BCUT2D eigenvalue weighted by atomic mass is 15.1. The molecule has 0 N–H and O–H groups in total. The molecular formula is C48H33N3. The largest absolute Gasteiger partial charge is 0.324 e. The number of rotatable bonds is 5. The second kappa shape index (κ2) is 11.8. The van der Waals surface area contributed by atoms with Crippen molar-refractivity contribution in [2.75, 3.05) is 0 Å². The molecule has 3 nitrogen and oxygen atoms in total. The van der Waals surface area contributed by atoms with Crippen LogP contribution >= 0.6 is 0 Å². The molecule has 10 rings (SSSR count). The first-order valence-electron chi connectivity index (χ1n) is 17.6. The Labute approximate surface area is 296 Å². The number of imidazole rings is 1. The van der Waals surface area contributed by atoms with Gasteiger partial charge in [-0.25, -0.2) is 9.97 Å². The van der Waals surface area contributed by atoms with Crippen molar-refractivity contribution in [2.45, 2.75) is 13.5 Å². The fourth-order valence-corrected chi connectivity index (χ4v) is 7.91. The molecule has 0 unspecified atom stereocenters.